The number of aliphatic hydroxyl groups excluding tert-OH is 1. The van der Waals surface area contributed by atoms with Crippen molar-refractivity contribution in [2.75, 3.05) is 0 Å². The summed E-state index contributed by atoms with van der Waals surface area (Å²) in [6.45, 7) is 0. The first-order chi connectivity index (χ1) is 10.3. The minimum Gasteiger partial charge on any atom is -0.388 e. The van der Waals surface area contributed by atoms with Gasteiger partial charge in [-0.05, 0) is 36.0 Å². The Bertz CT molecular complexity index is 605. The highest BCUT2D eigenvalue weighted by Gasteiger charge is 2.44. The molecule has 2 aromatic rings. The minimum atomic E-state index is -0.398. The molecule has 2 fully saturated rings. The Labute approximate surface area is 125 Å². The van der Waals surface area contributed by atoms with Crippen LogP contribution in [0.2, 0.25) is 0 Å². The highest BCUT2D eigenvalue weighted by molar-refractivity contribution is 5.63. The van der Waals surface area contributed by atoms with E-state index in [0.717, 1.165) is 18.4 Å². The number of aliphatic hydroxyl groups is 1. The van der Waals surface area contributed by atoms with E-state index in [1.54, 1.807) is 0 Å². The maximum absolute atomic E-state index is 10.6. The van der Waals surface area contributed by atoms with Crippen LogP contribution >= 0.6 is 0 Å². The van der Waals surface area contributed by atoms with Crippen LogP contribution in [0.15, 0.2) is 54.6 Å². The average molecular weight is 280 g/mol. The molecule has 108 valence electrons. The van der Waals surface area contributed by atoms with Crippen LogP contribution in [0, 0.1) is 5.92 Å². The maximum atomic E-state index is 10.6. The summed E-state index contributed by atoms with van der Waals surface area (Å²) in [5, 5.41) is 10.6. The van der Waals surface area contributed by atoms with Crippen molar-refractivity contribution >= 4 is 0 Å². The van der Waals surface area contributed by atoms with Crippen LogP contribution in [0.4, 0.5) is 0 Å². The van der Waals surface area contributed by atoms with Crippen LogP contribution in [0.1, 0.15) is 30.9 Å². The average Bonchev–Trinajstić information content (AvgIpc) is 3.18. The van der Waals surface area contributed by atoms with Crippen molar-refractivity contribution in [3.05, 3.63) is 60.2 Å². The van der Waals surface area contributed by atoms with Crippen molar-refractivity contribution in [1.29, 1.82) is 0 Å². The number of rotatable bonds is 3. The third kappa shape index (κ3) is 2.39. The first kappa shape index (κ1) is 13.1. The first-order valence-corrected chi connectivity index (χ1v) is 7.80. The van der Waals surface area contributed by atoms with Crippen LogP contribution in [-0.2, 0) is 4.74 Å². The molecular weight excluding hydrogens is 260 g/mol. The molecule has 2 bridgehead atoms. The van der Waals surface area contributed by atoms with Gasteiger partial charge < -0.3 is 9.84 Å². The molecule has 0 aromatic heterocycles. The van der Waals surface area contributed by atoms with Crippen molar-refractivity contribution in [2.45, 2.75) is 37.6 Å². The number of benzene rings is 2. The third-order valence-electron chi connectivity index (χ3n) is 4.92. The molecule has 0 spiro atoms. The lowest BCUT2D eigenvalue weighted by Gasteiger charge is -2.24. The van der Waals surface area contributed by atoms with Crippen molar-refractivity contribution in [3.63, 3.8) is 0 Å². The lowest BCUT2D eigenvalue weighted by atomic mass is 9.82. The van der Waals surface area contributed by atoms with Crippen molar-refractivity contribution < 1.29 is 9.84 Å². The predicted octanol–water partition coefficient (Wildman–Crippen LogP) is 3.95. The zero-order chi connectivity index (χ0) is 14.2. The van der Waals surface area contributed by atoms with Crippen molar-refractivity contribution in [3.8, 4) is 11.1 Å². The van der Waals surface area contributed by atoms with Gasteiger partial charge in [0.05, 0.1) is 18.3 Å². The van der Waals surface area contributed by atoms with Gasteiger partial charge >= 0.3 is 0 Å². The van der Waals surface area contributed by atoms with E-state index in [2.05, 4.69) is 36.4 Å². The molecule has 2 nitrogen and oxygen atoms in total. The van der Waals surface area contributed by atoms with Crippen LogP contribution < -0.4 is 0 Å². The predicted molar refractivity (Wildman–Crippen MR) is 82.8 cm³/mol. The fourth-order valence-electron chi connectivity index (χ4n) is 3.76. The molecule has 4 atom stereocenters. The number of hydrogen-bond donors (Lipinski definition) is 1. The summed E-state index contributed by atoms with van der Waals surface area (Å²) in [6, 6.07) is 18.6. The molecule has 2 aliphatic rings. The number of ether oxygens (including phenoxy) is 1. The Hall–Kier alpha value is -1.64. The summed E-state index contributed by atoms with van der Waals surface area (Å²) < 4.78 is 5.86. The molecule has 0 radical (unpaired) electrons. The zero-order valence-corrected chi connectivity index (χ0v) is 12.0. The van der Waals surface area contributed by atoms with Crippen LogP contribution in [0.5, 0.6) is 0 Å². The van der Waals surface area contributed by atoms with Crippen LogP contribution in [-0.4, -0.2) is 17.3 Å². The molecule has 0 aliphatic carbocycles. The summed E-state index contributed by atoms with van der Waals surface area (Å²) in [4.78, 5) is 0. The van der Waals surface area contributed by atoms with E-state index in [4.69, 9.17) is 4.74 Å². The Balaban J connectivity index is 1.54. The van der Waals surface area contributed by atoms with Gasteiger partial charge in [0.2, 0.25) is 0 Å². The second-order valence-electron chi connectivity index (χ2n) is 6.21. The van der Waals surface area contributed by atoms with E-state index >= 15 is 0 Å². The quantitative estimate of drug-likeness (QED) is 0.922. The van der Waals surface area contributed by atoms with Gasteiger partial charge in [-0.3, -0.25) is 0 Å². The summed E-state index contributed by atoms with van der Waals surface area (Å²) in [5.41, 5.74) is 3.41. The van der Waals surface area contributed by atoms with Gasteiger partial charge in [-0.15, -0.1) is 0 Å². The summed E-state index contributed by atoms with van der Waals surface area (Å²) >= 11 is 0. The fourth-order valence-corrected chi connectivity index (χ4v) is 3.76. The van der Waals surface area contributed by atoms with Crippen LogP contribution in [0.3, 0.4) is 0 Å². The Morgan fingerprint density at radius 2 is 1.62 bits per heavy atom. The molecule has 0 amide bonds. The lowest BCUT2D eigenvalue weighted by Crippen LogP contribution is -2.23. The molecule has 2 aliphatic heterocycles. The highest BCUT2D eigenvalue weighted by Crippen LogP contribution is 2.44. The van der Waals surface area contributed by atoms with Crippen molar-refractivity contribution in [2.24, 2.45) is 5.92 Å². The first-order valence-electron chi connectivity index (χ1n) is 7.80. The molecule has 21 heavy (non-hydrogen) atoms. The maximum Gasteiger partial charge on any atom is 0.0843 e. The van der Waals surface area contributed by atoms with Gasteiger partial charge in [0.25, 0.3) is 0 Å². The molecule has 4 unspecified atom stereocenters. The van der Waals surface area contributed by atoms with E-state index < -0.39 is 6.10 Å². The smallest absolute Gasteiger partial charge is 0.0843 e. The van der Waals surface area contributed by atoms with E-state index in [1.807, 2.05) is 18.2 Å². The van der Waals surface area contributed by atoms with Gasteiger partial charge in [-0.2, -0.15) is 0 Å². The standard InChI is InChI=1S/C19H20O2/c20-19(17-12-16-10-11-18(17)21-16)15-8-6-14(7-9-15)13-4-2-1-3-5-13/h1-9,16-20H,10-12H2. The van der Waals surface area contributed by atoms with Crippen LogP contribution in [0.25, 0.3) is 11.1 Å². The van der Waals surface area contributed by atoms with E-state index in [1.165, 1.54) is 17.5 Å². The lowest BCUT2D eigenvalue weighted by molar-refractivity contribution is 0.0423. The number of fused-ring (bicyclic) bond motifs is 2. The molecule has 2 aromatic carbocycles. The fraction of sp³-hybridized carbons (Fsp3) is 0.368. The largest absolute Gasteiger partial charge is 0.388 e. The molecule has 2 heterocycles. The van der Waals surface area contributed by atoms with E-state index in [9.17, 15) is 5.11 Å². The molecule has 0 saturated carbocycles. The second kappa shape index (κ2) is 5.28. The highest BCUT2D eigenvalue weighted by atomic mass is 16.5. The molecular formula is C19H20O2. The van der Waals surface area contributed by atoms with E-state index in [-0.39, 0.29) is 12.0 Å². The minimum absolute atomic E-state index is 0.263. The SMILES string of the molecule is OC(c1ccc(-c2ccccc2)cc1)C1CC2CCC1O2. The van der Waals surface area contributed by atoms with Gasteiger partial charge in [0.1, 0.15) is 0 Å². The van der Waals surface area contributed by atoms with Crippen molar-refractivity contribution in [1.82, 2.24) is 0 Å². The van der Waals surface area contributed by atoms with Gasteiger partial charge in [0.15, 0.2) is 0 Å². The summed E-state index contributed by atoms with van der Waals surface area (Å²) in [6.07, 6.45) is 3.53. The van der Waals surface area contributed by atoms with Gasteiger partial charge in [0, 0.05) is 5.92 Å². The Morgan fingerprint density at radius 3 is 2.24 bits per heavy atom. The molecule has 2 heteroatoms. The summed E-state index contributed by atoms with van der Waals surface area (Å²) in [7, 11) is 0. The normalized spacial score (nSPS) is 28.7. The van der Waals surface area contributed by atoms with Gasteiger partial charge in [-0.1, -0.05) is 54.6 Å². The molecule has 1 N–H and O–H groups in total. The zero-order valence-electron chi connectivity index (χ0n) is 12.0. The van der Waals surface area contributed by atoms with E-state index in [0.29, 0.717) is 6.10 Å². The second-order valence-corrected chi connectivity index (χ2v) is 6.21. The summed E-state index contributed by atoms with van der Waals surface area (Å²) in [5.74, 6) is 0.270. The molecule has 2 saturated heterocycles. The molecule has 4 rings (SSSR count). The monoisotopic (exact) mass is 280 g/mol. The number of hydrogen-bond acceptors (Lipinski definition) is 2. The topological polar surface area (TPSA) is 29.5 Å². The Kier molecular flexibility index (Phi) is 3.28. The van der Waals surface area contributed by atoms with Gasteiger partial charge in [-0.25, -0.2) is 0 Å². The Morgan fingerprint density at radius 1 is 0.905 bits per heavy atom. The third-order valence-corrected chi connectivity index (χ3v) is 4.92.